The first-order chi connectivity index (χ1) is 9.17. The van der Waals surface area contributed by atoms with Crippen LogP contribution in [0.2, 0.25) is 0 Å². The molecule has 0 saturated carbocycles. The molecule has 0 radical (unpaired) electrons. The summed E-state index contributed by atoms with van der Waals surface area (Å²) in [6.45, 7) is 1.98. The normalized spacial score (nSPS) is 14.3. The molecule has 0 saturated heterocycles. The molecular weight excluding hydrogens is 248 g/mol. The molecule has 100 valence electrons. The van der Waals surface area contributed by atoms with Gasteiger partial charge in [-0.25, -0.2) is 9.59 Å². The number of rotatable bonds is 4. The van der Waals surface area contributed by atoms with Gasteiger partial charge in [-0.1, -0.05) is 12.1 Å². The Morgan fingerprint density at radius 2 is 2.00 bits per heavy atom. The van der Waals surface area contributed by atoms with Gasteiger partial charge in [-0.2, -0.15) is 0 Å². The molecule has 1 aliphatic rings. The van der Waals surface area contributed by atoms with Crippen molar-refractivity contribution in [2.75, 3.05) is 20.3 Å². The van der Waals surface area contributed by atoms with Crippen molar-refractivity contribution in [3.8, 4) is 5.75 Å². The van der Waals surface area contributed by atoms with Crippen LogP contribution < -0.4 is 4.74 Å². The van der Waals surface area contributed by atoms with Crippen molar-refractivity contribution in [2.45, 2.75) is 6.92 Å². The maximum absolute atomic E-state index is 11.8. The van der Waals surface area contributed by atoms with Gasteiger partial charge in [0.15, 0.2) is 5.57 Å². The van der Waals surface area contributed by atoms with E-state index in [0.29, 0.717) is 11.3 Å². The average Bonchev–Trinajstić information content (AvgIpc) is 2.81. The van der Waals surface area contributed by atoms with Crippen molar-refractivity contribution in [2.24, 2.45) is 0 Å². The van der Waals surface area contributed by atoms with Gasteiger partial charge in [-0.3, -0.25) is 0 Å². The summed E-state index contributed by atoms with van der Waals surface area (Å²) in [5, 5.41) is 0. The fourth-order valence-corrected chi connectivity index (χ4v) is 1.83. The van der Waals surface area contributed by atoms with Crippen molar-refractivity contribution in [1.82, 2.24) is 0 Å². The number of cyclic esters (lactones) is 1. The maximum Gasteiger partial charge on any atom is 0.346 e. The molecule has 2 rings (SSSR count). The van der Waals surface area contributed by atoms with Crippen LogP contribution >= 0.6 is 0 Å². The summed E-state index contributed by atoms with van der Waals surface area (Å²) in [7, 11) is 1.57. The summed E-state index contributed by atoms with van der Waals surface area (Å²) in [5.41, 5.74) is 1.27. The number of carbonyl (C=O) groups excluding carboxylic acids is 2. The second-order valence-electron chi connectivity index (χ2n) is 3.88. The quantitative estimate of drug-likeness (QED) is 0.609. The molecule has 0 bridgehead atoms. The average molecular weight is 262 g/mol. The van der Waals surface area contributed by atoms with E-state index in [1.54, 1.807) is 38.3 Å². The van der Waals surface area contributed by atoms with Crippen LogP contribution in [0.4, 0.5) is 0 Å². The van der Waals surface area contributed by atoms with Gasteiger partial charge in [-0.15, -0.1) is 0 Å². The molecule has 1 heterocycles. The Labute approximate surface area is 110 Å². The Bertz CT molecular complexity index is 527. The minimum atomic E-state index is -0.643. The summed E-state index contributed by atoms with van der Waals surface area (Å²) in [6, 6.07) is 7.06. The van der Waals surface area contributed by atoms with Gasteiger partial charge >= 0.3 is 11.9 Å². The van der Waals surface area contributed by atoms with Gasteiger partial charge in [-0.05, 0) is 24.6 Å². The Morgan fingerprint density at radius 3 is 2.58 bits per heavy atom. The molecule has 0 atom stereocenters. The monoisotopic (exact) mass is 262 g/mol. The topological polar surface area (TPSA) is 61.8 Å². The van der Waals surface area contributed by atoms with Crippen molar-refractivity contribution in [3.05, 3.63) is 35.4 Å². The number of ether oxygens (including phenoxy) is 3. The lowest BCUT2D eigenvalue weighted by Crippen LogP contribution is -2.14. The maximum atomic E-state index is 11.8. The highest BCUT2D eigenvalue weighted by Crippen LogP contribution is 2.28. The minimum absolute atomic E-state index is 0.0213. The lowest BCUT2D eigenvalue weighted by Gasteiger charge is -2.05. The lowest BCUT2D eigenvalue weighted by atomic mass is 10.0. The third kappa shape index (κ3) is 2.59. The number of benzene rings is 1. The second-order valence-corrected chi connectivity index (χ2v) is 3.88. The molecule has 19 heavy (non-hydrogen) atoms. The summed E-state index contributed by atoms with van der Waals surface area (Å²) >= 11 is 0. The van der Waals surface area contributed by atoms with Crippen LogP contribution in [0.25, 0.3) is 5.57 Å². The van der Waals surface area contributed by atoms with Crippen LogP contribution in [0.1, 0.15) is 12.5 Å². The molecule has 0 spiro atoms. The number of methoxy groups -OCH3 is 1. The summed E-state index contributed by atoms with van der Waals surface area (Å²) in [4.78, 5) is 23.3. The Kier molecular flexibility index (Phi) is 3.85. The smallest absolute Gasteiger partial charge is 0.346 e. The number of esters is 2. The highest BCUT2D eigenvalue weighted by atomic mass is 16.6. The van der Waals surface area contributed by atoms with Crippen molar-refractivity contribution >= 4 is 17.5 Å². The molecular formula is C14H14O5. The van der Waals surface area contributed by atoms with Crippen LogP contribution in [0.3, 0.4) is 0 Å². The number of hydrogen-bond acceptors (Lipinski definition) is 5. The van der Waals surface area contributed by atoms with E-state index in [0.717, 1.165) is 5.56 Å². The largest absolute Gasteiger partial charge is 0.497 e. The van der Waals surface area contributed by atoms with E-state index in [9.17, 15) is 9.59 Å². The van der Waals surface area contributed by atoms with Crippen LogP contribution in [-0.4, -0.2) is 32.3 Å². The molecule has 1 aromatic rings. The molecule has 5 nitrogen and oxygen atoms in total. The van der Waals surface area contributed by atoms with Crippen molar-refractivity contribution in [3.63, 3.8) is 0 Å². The first-order valence-electron chi connectivity index (χ1n) is 5.89. The van der Waals surface area contributed by atoms with Gasteiger partial charge in [0.1, 0.15) is 12.4 Å². The first-order valence-corrected chi connectivity index (χ1v) is 5.89. The number of hydrogen-bond donors (Lipinski definition) is 0. The van der Waals surface area contributed by atoms with Crippen LogP contribution in [-0.2, 0) is 19.1 Å². The standard InChI is InChI=1S/C14H14O5/c1-3-18-13(15)12-11(8-19-14(12)16)9-4-6-10(17-2)7-5-9/h4-7H,3,8H2,1-2H3. The van der Waals surface area contributed by atoms with Crippen LogP contribution in [0.5, 0.6) is 5.75 Å². The third-order valence-electron chi connectivity index (χ3n) is 2.77. The van der Waals surface area contributed by atoms with E-state index in [1.807, 2.05) is 0 Å². The highest BCUT2D eigenvalue weighted by Gasteiger charge is 2.32. The van der Waals surface area contributed by atoms with Crippen LogP contribution in [0.15, 0.2) is 29.8 Å². The zero-order valence-corrected chi connectivity index (χ0v) is 10.8. The summed E-state index contributed by atoms with van der Waals surface area (Å²) in [6.07, 6.45) is 0. The summed E-state index contributed by atoms with van der Waals surface area (Å²) in [5.74, 6) is -0.577. The van der Waals surface area contributed by atoms with E-state index in [4.69, 9.17) is 14.2 Å². The first kappa shape index (κ1) is 13.1. The van der Waals surface area contributed by atoms with Crippen molar-refractivity contribution < 1.29 is 23.8 Å². The zero-order valence-electron chi connectivity index (χ0n) is 10.8. The SMILES string of the molecule is CCOC(=O)C1=C(c2ccc(OC)cc2)COC1=O. The molecule has 0 N–H and O–H groups in total. The summed E-state index contributed by atoms with van der Waals surface area (Å²) < 4.78 is 14.8. The highest BCUT2D eigenvalue weighted by molar-refractivity contribution is 6.22. The Morgan fingerprint density at radius 1 is 1.32 bits per heavy atom. The molecule has 0 aliphatic carbocycles. The fraction of sp³-hybridized carbons (Fsp3) is 0.286. The number of carbonyl (C=O) groups is 2. The third-order valence-corrected chi connectivity index (χ3v) is 2.77. The molecule has 0 unspecified atom stereocenters. The molecule has 5 heteroatoms. The van der Waals surface area contributed by atoms with E-state index < -0.39 is 11.9 Å². The molecule has 1 aromatic carbocycles. The van der Waals surface area contributed by atoms with Gasteiger partial charge in [0.25, 0.3) is 0 Å². The second kappa shape index (κ2) is 5.56. The minimum Gasteiger partial charge on any atom is -0.497 e. The van der Waals surface area contributed by atoms with Gasteiger partial charge in [0, 0.05) is 5.57 Å². The molecule has 0 aromatic heterocycles. The Hall–Kier alpha value is -2.30. The van der Waals surface area contributed by atoms with Gasteiger partial charge in [0.05, 0.1) is 13.7 Å². The van der Waals surface area contributed by atoms with Gasteiger partial charge < -0.3 is 14.2 Å². The fourth-order valence-electron chi connectivity index (χ4n) is 1.83. The molecule has 0 amide bonds. The molecule has 0 fully saturated rings. The Balaban J connectivity index is 2.38. The van der Waals surface area contributed by atoms with Gasteiger partial charge in [0.2, 0.25) is 0 Å². The van der Waals surface area contributed by atoms with E-state index in [2.05, 4.69) is 0 Å². The predicted molar refractivity (Wildman–Crippen MR) is 67.5 cm³/mol. The zero-order chi connectivity index (χ0) is 13.8. The molecule has 1 aliphatic heterocycles. The van der Waals surface area contributed by atoms with E-state index >= 15 is 0 Å². The van der Waals surface area contributed by atoms with Crippen molar-refractivity contribution in [1.29, 1.82) is 0 Å². The van der Waals surface area contributed by atoms with E-state index in [-0.39, 0.29) is 18.8 Å². The predicted octanol–water partition coefficient (Wildman–Crippen LogP) is 1.57. The lowest BCUT2D eigenvalue weighted by molar-refractivity contribution is -0.144. The van der Waals surface area contributed by atoms with E-state index in [1.165, 1.54) is 0 Å². The van der Waals surface area contributed by atoms with Crippen LogP contribution in [0, 0.1) is 0 Å².